The van der Waals surface area contributed by atoms with E-state index >= 15 is 0 Å². The molecule has 0 radical (unpaired) electrons. The molecule has 0 atom stereocenters. The van der Waals surface area contributed by atoms with Crippen molar-refractivity contribution < 1.29 is 4.74 Å². The lowest BCUT2D eigenvalue weighted by molar-refractivity contribution is 0.207. The molecule has 16 heavy (non-hydrogen) atoms. The van der Waals surface area contributed by atoms with Crippen molar-refractivity contribution in [1.82, 2.24) is 10.3 Å². The van der Waals surface area contributed by atoms with Crippen molar-refractivity contribution in [1.29, 1.82) is 0 Å². The molecule has 0 aromatic heterocycles. The lowest BCUT2D eigenvalue weighted by atomic mass is 10.3. The number of aliphatic imine (C=N–C) groups is 1. The van der Waals surface area contributed by atoms with Crippen LogP contribution in [0.4, 0.5) is 0 Å². The van der Waals surface area contributed by atoms with Gasteiger partial charge in [-0.3, -0.25) is 5.43 Å². The first kappa shape index (κ1) is 13.3. The second-order valence-corrected chi connectivity index (χ2v) is 4.53. The van der Waals surface area contributed by atoms with E-state index in [0.717, 1.165) is 18.4 Å². The minimum absolute atomic E-state index is 0.415. The summed E-state index contributed by atoms with van der Waals surface area (Å²) in [5.41, 5.74) is 2.70. The van der Waals surface area contributed by atoms with Crippen molar-refractivity contribution in [3.8, 4) is 0 Å². The highest BCUT2D eigenvalue weighted by Gasteiger charge is 2.26. The standard InChI is InChI=1S/C11H24N4O/c1-9(2)15(8-10-4-5-10)11(14-12)13-6-7-16-3/h9-10H,4-8,12H2,1-3H3,(H,13,14). The minimum Gasteiger partial charge on any atom is -0.383 e. The van der Waals surface area contributed by atoms with Crippen molar-refractivity contribution in [3.05, 3.63) is 0 Å². The Morgan fingerprint density at radius 2 is 2.25 bits per heavy atom. The van der Waals surface area contributed by atoms with E-state index in [0.29, 0.717) is 19.2 Å². The predicted molar refractivity (Wildman–Crippen MR) is 66.1 cm³/mol. The van der Waals surface area contributed by atoms with Gasteiger partial charge in [-0.15, -0.1) is 0 Å². The first-order valence-electron chi connectivity index (χ1n) is 5.95. The molecule has 0 saturated heterocycles. The molecule has 0 bridgehead atoms. The van der Waals surface area contributed by atoms with Crippen LogP contribution < -0.4 is 11.3 Å². The second-order valence-electron chi connectivity index (χ2n) is 4.53. The van der Waals surface area contributed by atoms with E-state index in [1.54, 1.807) is 7.11 Å². The van der Waals surface area contributed by atoms with Gasteiger partial charge in [-0.05, 0) is 32.6 Å². The van der Waals surface area contributed by atoms with Crippen molar-refractivity contribution in [3.63, 3.8) is 0 Å². The van der Waals surface area contributed by atoms with E-state index in [9.17, 15) is 0 Å². The Morgan fingerprint density at radius 1 is 1.56 bits per heavy atom. The summed E-state index contributed by atoms with van der Waals surface area (Å²) in [6.07, 6.45) is 2.66. The van der Waals surface area contributed by atoms with Crippen LogP contribution in [0.5, 0.6) is 0 Å². The van der Waals surface area contributed by atoms with Gasteiger partial charge < -0.3 is 9.64 Å². The Bertz CT molecular complexity index is 226. The highest BCUT2D eigenvalue weighted by molar-refractivity contribution is 5.79. The van der Waals surface area contributed by atoms with E-state index in [2.05, 4.69) is 29.2 Å². The number of ether oxygens (including phenoxy) is 1. The zero-order chi connectivity index (χ0) is 12.0. The Balaban J connectivity index is 2.52. The summed E-state index contributed by atoms with van der Waals surface area (Å²) < 4.78 is 4.98. The molecule has 0 spiro atoms. The lowest BCUT2D eigenvalue weighted by Crippen LogP contribution is -2.49. The molecule has 0 aromatic carbocycles. The van der Waals surface area contributed by atoms with Crippen LogP contribution in [0, 0.1) is 5.92 Å². The lowest BCUT2D eigenvalue weighted by Gasteiger charge is -2.29. The van der Waals surface area contributed by atoms with Gasteiger partial charge in [0.2, 0.25) is 5.96 Å². The smallest absolute Gasteiger partial charge is 0.208 e. The third kappa shape index (κ3) is 4.37. The summed E-state index contributed by atoms with van der Waals surface area (Å²) in [6.45, 7) is 6.63. The quantitative estimate of drug-likeness (QED) is 0.229. The summed E-state index contributed by atoms with van der Waals surface area (Å²) in [5, 5.41) is 0. The largest absolute Gasteiger partial charge is 0.383 e. The summed E-state index contributed by atoms with van der Waals surface area (Å²) in [5.74, 6) is 7.13. The van der Waals surface area contributed by atoms with Crippen LogP contribution in [0.2, 0.25) is 0 Å². The van der Waals surface area contributed by atoms with Gasteiger partial charge in [0.25, 0.3) is 0 Å². The van der Waals surface area contributed by atoms with Crippen molar-refractivity contribution in [2.45, 2.75) is 32.7 Å². The molecule has 5 nitrogen and oxygen atoms in total. The van der Waals surface area contributed by atoms with Gasteiger partial charge in [0, 0.05) is 19.7 Å². The Labute approximate surface area is 98.0 Å². The molecular formula is C11H24N4O. The van der Waals surface area contributed by atoms with Crippen LogP contribution in [0.15, 0.2) is 4.99 Å². The van der Waals surface area contributed by atoms with Crippen molar-refractivity contribution in [2.24, 2.45) is 16.8 Å². The average Bonchev–Trinajstić information content (AvgIpc) is 3.05. The maximum Gasteiger partial charge on any atom is 0.208 e. The molecule has 1 aliphatic carbocycles. The fourth-order valence-corrected chi connectivity index (χ4v) is 1.58. The Kier molecular flexibility index (Phi) is 5.55. The van der Waals surface area contributed by atoms with Gasteiger partial charge in [0.1, 0.15) is 0 Å². The fraction of sp³-hybridized carbons (Fsp3) is 0.909. The fourth-order valence-electron chi connectivity index (χ4n) is 1.58. The van der Waals surface area contributed by atoms with Crippen LogP contribution >= 0.6 is 0 Å². The first-order valence-corrected chi connectivity index (χ1v) is 5.95. The van der Waals surface area contributed by atoms with Gasteiger partial charge in [0.05, 0.1) is 13.2 Å². The minimum atomic E-state index is 0.415. The number of methoxy groups -OCH3 is 1. The second kappa shape index (κ2) is 6.70. The molecule has 0 heterocycles. The number of rotatable bonds is 6. The number of hydrogen-bond acceptors (Lipinski definition) is 3. The molecule has 0 amide bonds. The summed E-state index contributed by atoms with van der Waals surface area (Å²) in [7, 11) is 1.68. The molecular weight excluding hydrogens is 204 g/mol. The Hall–Kier alpha value is -0.810. The van der Waals surface area contributed by atoms with E-state index < -0.39 is 0 Å². The highest BCUT2D eigenvalue weighted by Crippen LogP contribution is 2.30. The normalized spacial score (nSPS) is 16.7. The number of nitrogens with two attached hydrogens (primary N) is 1. The molecule has 0 aromatic rings. The van der Waals surface area contributed by atoms with Crippen LogP contribution in [0.25, 0.3) is 0 Å². The molecule has 1 aliphatic rings. The highest BCUT2D eigenvalue weighted by atomic mass is 16.5. The summed E-state index contributed by atoms with van der Waals surface area (Å²) >= 11 is 0. The zero-order valence-corrected chi connectivity index (χ0v) is 10.6. The number of guanidine groups is 1. The van der Waals surface area contributed by atoms with Gasteiger partial charge in [-0.2, -0.15) is 0 Å². The monoisotopic (exact) mass is 228 g/mol. The zero-order valence-electron chi connectivity index (χ0n) is 10.6. The predicted octanol–water partition coefficient (Wildman–Crippen LogP) is 0.573. The molecule has 3 N–H and O–H groups in total. The van der Waals surface area contributed by atoms with Gasteiger partial charge in [-0.1, -0.05) is 0 Å². The van der Waals surface area contributed by atoms with E-state index in [1.165, 1.54) is 12.8 Å². The molecule has 0 unspecified atom stereocenters. The van der Waals surface area contributed by atoms with Crippen molar-refractivity contribution in [2.75, 3.05) is 26.8 Å². The topological polar surface area (TPSA) is 62.9 Å². The average molecular weight is 228 g/mol. The van der Waals surface area contributed by atoms with Gasteiger partial charge >= 0.3 is 0 Å². The number of hydrazine groups is 1. The Morgan fingerprint density at radius 3 is 2.69 bits per heavy atom. The molecule has 1 rings (SSSR count). The number of hydrogen-bond donors (Lipinski definition) is 2. The van der Waals surface area contributed by atoms with Gasteiger partial charge in [0.15, 0.2) is 0 Å². The molecule has 1 saturated carbocycles. The van der Waals surface area contributed by atoms with Crippen LogP contribution in [-0.2, 0) is 4.74 Å². The molecule has 0 aliphatic heterocycles. The van der Waals surface area contributed by atoms with E-state index in [1.807, 2.05) is 0 Å². The third-order valence-corrected chi connectivity index (χ3v) is 2.73. The van der Waals surface area contributed by atoms with E-state index in [-0.39, 0.29) is 0 Å². The molecule has 1 fully saturated rings. The number of nitrogens with zero attached hydrogens (tertiary/aromatic N) is 2. The molecule has 5 heteroatoms. The van der Waals surface area contributed by atoms with E-state index in [4.69, 9.17) is 10.6 Å². The van der Waals surface area contributed by atoms with Crippen LogP contribution in [0.3, 0.4) is 0 Å². The SMILES string of the molecule is COCCN=C(NN)N(CC1CC1)C(C)C. The van der Waals surface area contributed by atoms with Crippen molar-refractivity contribution >= 4 is 5.96 Å². The summed E-state index contributed by atoms with van der Waals surface area (Å²) in [4.78, 5) is 6.65. The maximum atomic E-state index is 5.53. The number of nitrogens with one attached hydrogen (secondary N) is 1. The summed E-state index contributed by atoms with van der Waals surface area (Å²) in [6, 6.07) is 0.415. The first-order chi connectivity index (χ1) is 7.69. The maximum absolute atomic E-state index is 5.53. The molecule has 94 valence electrons. The van der Waals surface area contributed by atoms with Crippen LogP contribution in [-0.4, -0.2) is 43.7 Å². The van der Waals surface area contributed by atoms with Crippen LogP contribution in [0.1, 0.15) is 26.7 Å². The third-order valence-electron chi connectivity index (χ3n) is 2.73. The van der Waals surface area contributed by atoms with Gasteiger partial charge in [-0.25, -0.2) is 10.8 Å².